The van der Waals surface area contributed by atoms with Crippen LogP contribution in [0.4, 0.5) is 0 Å². The number of amides is 1. The Morgan fingerprint density at radius 2 is 1.81 bits per heavy atom. The minimum atomic E-state index is -0.427. The molecule has 0 saturated carbocycles. The number of guanidine groups is 1. The number of benzene rings is 2. The van der Waals surface area contributed by atoms with Crippen LogP contribution < -0.4 is 25.8 Å². The predicted molar refractivity (Wildman–Crippen MR) is 104 cm³/mol. The molecule has 0 aliphatic carbocycles. The summed E-state index contributed by atoms with van der Waals surface area (Å²) in [4.78, 5) is 15.7. The van der Waals surface area contributed by atoms with Gasteiger partial charge in [-0.2, -0.15) is 0 Å². The van der Waals surface area contributed by atoms with Crippen LogP contribution in [-0.4, -0.2) is 31.7 Å². The SMILES string of the molecule is CCNC(=NCc1ccc(C(N)=O)cc1)NCCc1ccc2c(c1)OCO2. The summed E-state index contributed by atoms with van der Waals surface area (Å²) in [6, 6.07) is 13.1. The molecular weight excluding hydrogens is 344 g/mol. The number of ether oxygens (including phenoxy) is 2. The summed E-state index contributed by atoms with van der Waals surface area (Å²) in [5, 5.41) is 6.56. The van der Waals surface area contributed by atoms with Crippen molar-refractivity contribution in [2.75, 3.05) is 19.9 Å². The minimum absolute atomic E-state index is 0.286. The van der Waals surface area contributed by atoms with E-state index < -0.39 is 5.91 Å². The zero-order valence-electron chi connectivity index (χ0n) is 15.3. The fourth-order valence-corrected chi connectivity index (χ4v) is 2.71. The second-order valence-corrected chi connectivity index (χ2v) is 6.12. The molecule has 4 N–H and O–H groups in total. The van der Waals surface area contributed by atoms with Gasteiger partial charge in [0.15, 0.2) is 17.5 Å². The zero-order chi connectivity index (χ0) is 19.1. The summed E-state index contributed by atoms with van der Waals surface area (Å²) in [5.74, 6) is 1.91. The van der Waals surface area contributed by atoms with E-state index in [1.807, 2.05) is 37.3 Å². The number of aliphatic imine (C=N–C) groups is 1. The molecule has 0 atom stereocenters. The third-order valence-corrected chi connectivity index (χ3v) is 4.15. The summed E-state index contributed by atoms with van der Waals surface area (Å²) in [6.45, 7) is 4.34. The monoisotopic (exact) mass is 368 g/mol. The normalized spacial score (nSPS) is 12.7. The van der Waals surface area contributed by atoms with Crippen LogP contribution in [0.1, 0.15) is 28.4 Å². The highest BCUT2D eigenvalue weighted by molar-refractivity contribution is 5.92. The third kappa shape index (κ3) is 5.13. The van der Waals surface area contributed by atoms with E-state index in [-0.39, 0.29) is 6.79 Å². The lowest BCUT2D eigenvalue weighted by Gasteiger charge is -2.11. The lowest BCUT2D eigenvalue weighted by Crippen LogP contribution is -2.38. The van der Waals surface area contributed by atoms with Gasteiger partial charge >= 0.3 is 0 Å². The maximum absolute atomic E-state index is 11.1. The van der Waals surface area contributed by atoms with Gasteiger partial charge in [0, 0.05) is 18.7 Å². The van der Waals surface area contributed by atoms with E-state index >= 15 is 0 Å². The highest BCUT2D eigenvalue weighted by atomic mass is 16.7. The topological polar surface area (TPSA) is 98.0 Å². The number of nitrogens with one attached hydrogen (secondary N) is 2. The standard InChI is InChI=1S/C20H24N4O3/c1-2-22-20(24-12-15-3-6-16(7-4-15)19(21)25)23-10-9-14-5-8-17-18(11-14)27-13-26-17/h3-8,11H,2,9-10,12-13H2,1H3,(H2,21,25)(H2,22,23,24). The van der Waals surface area contributed by atoms with Crippen LogP contribution in [0.2, 0.25) is 0 Å². The quantitative estimate of drug-likeness (QED) is 0.511. The number of nitrogens with zero attached hydrogens (tertiary/aromatic N) is 1. The van der Waals surface area contributed by atoms with Gasteiger partial charge < -0.3 is 25.8 Å². The number of carbonyl (C=O) groups excluding carboxylic acids is 1. The molecule has 2 aromatic rings. The maximum Gasteiger partial charge on any atom is 0.248 e. The van der Waals surface area contributed by atoms with Gasteiger partial charge in [-0.1, -0.05) is 18.2 Å². The van der Waals surface area contributed by atoms with Crippen LogP contribution in [0.5, 0.6) is 11.5 Å². The van der Waals surface area contributed by atoms with Crippen LogP contribution in [0, 0.1) is 0 Å². The van der Waals surface area contributed by atoms with Crippen molar-refractivity contribution in [2.24, 2.45) is 10.7 Å². The van der Waals surface area contributed by atoms with Crippen molar-refractivity contribution in [3.05, 3.63) is 59.2 Å². The van der Waals surface area contributed by atoms with Crippen LogP contribution in [0.25, 0.3) is 0 Å². The fraction of sp³-hybridized carbons (Fsp3) is 0.300. The molecule has 0 unspecified atom stereocenters. The first-order valence-electron chi connectivity index (χ1n) is 8.95. The summed E-state index contributed by atoms with van der Waals surface area (Å²) in [6.07, 6.45) is 0.842. The molecule has 0 spiro atoms. The molecule has 3 rings (SSSR count). The predicted octanol–water partition coefficient (Wildman–Crippen LogP) is 1.81. The van der Waals surface area contributed by atoms with E-state index in [9.17, 15) is 4.79 Å². The van der Waals surface area contributed by atoms with Crippen molar-refractivity contribution in [3.63, 3.8) is 0 Å². The van der Waals surface area contributed by atoms with Crippen molar-refractivity contribution in [1.82, 2.24) is 10.6 Å². The number of primary amides is 1. The number of carbonyl (C=O) groups is 1. The highest BCUT2D eigenvalue weighted by Gasteiger charge is 2.12. The first kappa shape index (κ1) is 18.6. The van der Waals surface area contributed by atoms with Gasteiger partial charge in [0.1, 0.15) is 0 Å². The average molecular weight is 368 g/mol. The zero-order valence-corrected chi connectivity index (χ0v) is 15.3. The van der Waals surface area contributed by atoms with Gasteiger partial charge in [-0.25, -0.2) is 4.99 Å². The van der Waals surface area contributed by atoms with E-state index in [1.54, 1.807) is 12.1 Å². The van der Waals surface area contributed by atoms with Crippen LogP contribution in [-0.2, 0) is 13.0 Å². The van der Waals surface area contributed by atoms with Crippen LogP contribution in [0.15, 0.2) is 47.5 Å². The molecule has 1 aliphatic heterocycles. The summed E-state index contributed by atoms with van der Waals surface area (Å²) in [5.41, 5.74) is 7.93. The number of fused-ring (bicyclic) bond motifs is 1. The lowest BCUT2D eigenvalue weighted by atomic mass is 10.1. The van der Waals surface area contributed by atoms with E-state index in [2.05, 4.69) is 15.6 Å². The van der Waals surface area contributed by atoms with Crippen LogP contribution in [0.3, 0.4) is 0 Å². The maximum atomic E-state index is 11.1. The molecule has 0 radical (unpaired) electrons. The first-order chi connectivity index (χ1) is 13.2. The van der Waals surface area contributed by atoms with Crippen molar-refractivity contribution in [1.29, 1.82) is 0 Å². The highest BCUT2D eigenvalue weighted by Crippen LogP contribution is 2.32. The molecule has 0 saturated heterocycles. The molecule has 1 amide bonds. The minimum Gasteiger partial charge on any atom is -0.454 e. The largest absolute Gasteiger partial charge is 0.454 e. The van der Waals surface area contributed by atoms with Gasteiger partial charge in [0.25, 0.3) is 0 Å². The Balaban J connectivity index is 1.53. The van der Waals surface area contributed by atoms with E-state index in [1.165, 1.54) is 5.56 Å². The van der Waals surface area contributed by atoms with Crippen molar-refractivity contribution < 1.29 is 14.3 Å². The number of hydrogen-bond acceptors (Lipinski definition) is 4. The van der Waals surface area contributed by atoms with Gasteiger partial charge in [0.2, 0.25) is 12.7 Å². The second-order valence-electron chi connectivity index (χ2n) is 6.12. The molecule has 1 aliphatic rings. The molecule has 1 heterocycles. The smallest absolute Gasteiger partial charge is 0.248 e. The van der Waals surface area contributed by atoms with Gasteiger partial charge in [-0.15, -0.1) is 0 Å². The molecular formula is C20H24N4O3. The molecule has 7 heteroatoms. The Labute approximate surface area is 158 Å². The van der Waals surface area contributed by atoms with Gasteiger partial charge in [0.05, 0.1) is 6.54 Å². The second kappa shape index (κ2) is 8.93. The molecule has 27 heavy (non-hydrogen) atoms. The van der Waals surface area contributed by atoms with Crippen molar-refractivity contribution in [3.8, 4) is 11.5 Å². The molecule has 142 valence electrons. The molecule has 0 bridgehead atoms. The Hall–Kier alpha value is -3.22. The van der Waals surface area contributed by atoms with Crippen molar-refractivity contribution >= 4 is 11.9 Å². The Morgan fingerprint density at radius 1 is 1.07 bits per heavy atom. The Kier molecular flexibility index (Phi) is 6.14. The van der Waals surface area contributed by atoms with E-state index in [0.717, 1.165) is 42.5 Å². The van der Waals surface area contributed by atoms with Crippen LogP contribution >= 0.6 is 0 Å². The fourth-order valence-electron chi connectivity index (χ4n) is 2.71. The van der Waals surface area contributed by atoms with E-state index in [0.29, 0.717) is 12.1 Å². The van der Waals surface area contributed by atoms with Gasteiger partial charge in [-0.3, -0.25) is 4.79 Å². The van der Waals surface area contributed by atoms with Gasteiger partial charge in [-0.05, 0) is 48.7 Å². The Morgan fingerprint density at radius 3 is 2.56 bits per heavy atom. The number of rotatable bonds is 7. The number of nitrogens with two attached hydrogens (primary N) is 1. The summed E-state index contributed by atoms with van der Waals surface area (Å²) >= 11 is 0. The van der Waals surface area contributed by atoms with Crippen molar-refractivity contribution in [2.45, 2.75) is 19.9 Å². The Bertz CT molecular complexity index is 818. The molecule has 7 nitrogen and oxygen atoms in total. The summed E-state index contributed by atoms with van der Waals surface area (Å²) in [7, 11) is 0. The number of hydrogen-bond donors (Lipinski definition) is 3. The molecule has 0 aromatic heterocycles. The average Bonchev–Trinajstić information content (AvgIpc) is 3.14. The lowest BCUT2D eigenvalue weighted by molar-refractivity contribution is 0.1000. The van der Waals surface area contributed by atoms with E-state index in [4.69, 9.17) is 15.2 Å². The summed E-state index contributed by atoms with van der Waals surface area (Å²) < 4.78 is 10.7. The first-order valence-corrected chi connectivity index (χ1v) is 8.95. The molecule has 2 aromatic carbocycles. The third-order valence-electron chi connectivity index (χ3n) is 4.15. The molecule has 0 fully saturated rings.